The number of hydrogen-bond donors (Lipinski definition) is 1. The minimum Gasteiger partial charge on any atom is -0.480 e. The first-order valence-electron chi connectivity index (χ1n) is 6.80. The lowest BCUT2D eigenvalue weighted by atomic mass is 10.1. The van der Waals surface area contributed by atoms with Crippen molar-refractivity contribution in [3.8, 4) is 0 Å². The molecule has 0 spiro atoms. The predicted octanol–water partition coefficient (Wildman–Crippen LogP) is 4.54. The van der Waals surface area contributed by atoms with Crippen molar-refractivity contribution in [2.45, 2.75) is 31.8 Å². The molecule has 0 saturated carbocycles. The van der Waals surface area contributed by atoms with Gasteiger partial charge in [-0.25, -0.2) is 0 Å². The number of rotatable bonds is 5. The third kappa shape index (κ3) is 3.50. The highest BCUT2D eigenvalue weighted by Crippen LogP contribution is 2.31. The number of benzene rings is 1. The molecule has 21 heavy (non-hydrogen) atoms. The van der Waals surface area contributed by atoms with Crippen molar-refractivity contribution in [1.82, 2.24) is 4.98 Å². The molecule has 112 valence electrons. The predicted molar refractivity (Wildman–Crippen MR) is 89.0 cm³/mol. The average molecular weight is 324 g/mol. The Bertz CT molecular complexity index is 673. The number of pyridine rings is 1. The summed E-state index contributed by atoms with van der Waals surface area (Å²) in [5.74, 6) is -0.226. The third-order valence-electron chi connectivity index (χ3n) is 3.39. The molecule has 0 aliphatic rings. The van der Waals surface area contributed by atoms with Crippen molar-refractivity contribution >= 4 is 40.2 Å². The van der Waals surface area contributed by atoms with E-state index in [4.69, 9.17) is 11.6 Å². The lowest BCUT2D eigenvalue weighted by Gasteiger charge is -2.16. The zero-order chi connectivity index (χ0) is 15.6. The second-order valence-electron chi connectivity index (χ2n) is 5.33. The first-order valence-corrected chi connectivity index (χ1v) is 8.22. The molecular weight excluding hydrogens is 306 g/mol. The van der Waals surface area contributed by atoms with Crippen molar-refractivity contribution < 1.29 is 9.90 Å². The van der Waals surface area contributed by atoms with Crippen LogP contribution < -0.4 is 0 Å². The van der Waals surface area contributed by atoms with Crippen molar-refractivity contribution in [2.75, 3.05) is 0 Å². The van der Waals surface area contributed by atoms with Crippen molar-refractivity contribution in [2.24, 2.45) is 5.92 Å². The van der Waals surface area contributed by atoms with Crippen LogP contribution in [0.15, 0.2) is 24.3 Å². The van der Waals surface area contributed by atoms with Gasteiger partial charge in [-0.15, -0.1) is 11.8 Å². The number of para-hydroxylation sites is 1. The van der Waals surface area contributed by atoms with Gasteiger partial charge in [-0.05, 0) is 24.5 Å². The van der Waals surface area contributed by atoms with E-state index in [-0.39, 0.29) is 5.92 Å². The first-order chi connectivity index (χ1) is 9.91. The number of carboxylic acids is 1. The standard InChI is InChI=1S/C16H18ClNO2S/c1-9(2)15(16(19)20)21-8-13-14(17)10(3)11-6-4-5-7-12(11)18-13/h4-7,9,15H,8H2,1-3H3,(H,19,20). The number of halogens is 1. The lowest BCUT2D eigenvalue weighted by molar-refractivity contribution is -0.137. The van der Waals surface area contributed by atoms with Gasteiger partial charge in [0.2, 0.25) is 0 Å². The second kappa shape index (κ2) is 6.67. The molecular formula is C16H18ClNO2S. The second-order valence-corrected chi connectivity index (χ2v) is 6.84. The van der Waals surface area contributed by atoms with E-state index in [1.807, 2.05) is 45.0 Å². The Morgan fingerprint density at radius 1 is 1.38 bits per heavy atom. The summed E-state index contributed by atoms with van der Waals surface area (Å²) in [6.07, 6.45) is 0. The van der Waals surface area contributed by atoms with E-state index < -0.39 is 11.2 Å². The molecule has 0 fully saturated rings. The molecule has 2 aromatic rings. The van der Waals surface area contributed by atoms with Crippen molar-refractivity contribution in [3.05, 3.63) is 40.5 Å². The fourth-order valence-electron chi connectivity index (χ4n) is 2.23. The molecule has 0 aliphatic carbocycles. The Balaban J connectivity index is 2.30. The average Bonchev–Trinajstić information content (AvgIpc) is 2.43. The number of carbonyl (C=O) groups is 1. The van der Waals surface area contributed by atoms with Crippen LogP contribution in [-0.4, -0.2) is 21.3 Å². The number of aliphatic carboxylic acids is 1. The molecule has 1 atom stereocenters. The Hall–Kier alpha value is -1.26. The van der Waals surface area contributed by atoms with Crippen molar-refractivity contribution in [1.29, 1.82) is 0 Å². The van der Waals surface area contributed by atoms with Crippen LogP contribution in [0.2, 0.25) is 5.02 Å². The minimum absolute atomic E-state index is 0.0628. The smallest absolute Gasteiger partial charge is 0.316 e. The summed E-state index contributed by atoms with van der Waals surface area (Å²) in [6, 6.07) is 7.84. The Labute approximate surface area is 133 Å². The van der Waals surface area contributed by atoms with Crippen LogP contribution >= 0.6 is 23.4 Å². The Morgan fingerprint density at radius 3 is 2.67 bits per heavy atom. The van der Waals surface area contributed by atoms with E-state index >= 15 is 0 Å². The summed E-state index contributed by atoms with van der Waals surface area (Å²) in [6.45, 7) is 5.79. The number of thioether (sulfide) groups is 1. The maximum Gasteiger partial charge on any atom is 0.316 e. The Kier molecular flexibility index (Phi) is 5.12. The summed E-state index contributed by atoms with van der Waals surface area (Å²) in [7, 11) is 0. The SMILES string of the molecule is Cc1c(Cl)c(CSC(C(=O)O)C(C)C)nc2ccccc12. The number of aryl methyl sites for hydroxylation is 1. The third-order valence-corrected chi connectivity index (χ3v) is 5.44. The van der Waals surface area contributed by atoms with E-state index in [1.165, 1.54) is 11.8 Å². The molecule has 1 heterocycles. The highest BCUT2D eigenvalue weighted by Gasteiger charge is 2.23. The summed E-state index contributed by atoms with van der Waals surface area (Å²) < 4.78 is 0. The molecule has 5 heteroatoms. The number of nitrogens with zero attached hydrogens (tertiary/aromatic N) is 1. The van der Waals surface area contributed by atoms with Gasteiger partial charge in [0.1, 0.15) is 5.25 Å². The molecule has 1 N–H and O–H groups in total. The summed E-state index contributed by atoms with van der Waals surface area (Å²) in [5.41, 5.74) is 2.64. The summed E-state index contributed by atoms with van der Waals surface area (Å²) in [5, 5.41) is 10.5. The molecule has 3 nitrogen and oxygen atoms in total. The van der Waals surface area contributed by atoms with E-state index in [2.05, 4.69) is 4.98 Å². The van der Waals surface area contributed by atoms with Gasteiger partial charge in [-0.1, -0.05) is 43.6 Å². The van der Waals surface area contributed by atoms with E-state index in [9.17, 15) is 9.90 Å². The Morgan fingerprint density at radius 2 is 2.05 bits per heavy atom. The van der Waals surface area contributed by atoms with Crippen molar-refractivity contribution in [3.63, 3.8) is 0 Å². The molecule has 1 aromatic heterocycles. The maximum atomic E-state index is 11.3. The summed E-state index contributed by atoms with van der Waals surface area (Å²) in [4.78, 5) is 15.8. The van der Waals surface area contributed by atoms with Gasteiger partial charge in [-0.2, -0.15) is 0 Å². The first kappa shape index (κ1) is 16.1. The van der Waals surface area contributed by atoms with Gasteiger partial charge in [0, 0.05) is 11.1 Å². The van der Waals surface area contributed by atoms with Gasteiger partial charge in [-0.3, -0.25) is 9.78 Å². The zero-order valence-corrected chi connectivity index (χ0v) is 13.8. The van der Waals surface area contributed by atoms with Gasteiger partial charge in [0.05, 0.1) is 16.2 Å². The van der Waals surface area contributed by atoms with Crippen LogP contribution in [0.4, 0.5) is 0 Å². The van der Waals surface area contributed by atoms with Crippen LogP contribution in [0.3, 0.4) is 0 Å². The van der Waals surface area contributed by atoms with Crippen LogP contribution in [0.1, 0.15) is 25.1 Å². The molecule has 0 radical (unpaired) electrons. The van der Waals surface area contributed by atoms with E-state index in [1.54, 1.807) is 0 Å². The molecule has 0 amide bonds. The van der Waals surface area contributed by atoms with Gasteiger partial charge in [0.15, 0.2) is 0 Å². The zero-order valence-electron chi connectivity index (χ0n) is 12.3. The summed E-state index contributed by atoms with van der Waals surface area (Å²) >= 11 is 7.77. The number of hydrogen-bond acceptors (Lipinski definition) is 3. The fraction of sp³-hybridized carbons (Fsp3) is 0.375. The minimum atomic E-state index is -0.788. The highest BCUT2D eigenvalue weighted by molar-refractivity contribution is 7.99. The van der Waals surface area contributed by atoms with Gasteiger partial charge in [0.25, 0.3) is 0 Å². The van der Waals surface area contributed by atoms with Gasteiger partial charge >= 0.3 is 5.97 Å². The maximum absolute atomic E-state index is 11.3. The van der Waals surface area contributed by atoms with Crippen LogP contribution in [0.25, 0.3) is 10.9 Å². The van der Waals surface area contributed by atoms with E-state index in [0.717, 1.165) is 22.2 Å². The molecule has 0 bridgehead atoms. The van der Waals surface area contributed by atoms with Crippen LogP contribution in [0.5, 0.6) is 0 Å². The number of aromatic nitrogens is 1. The van der Waals surface area contributed by atoms with Crippen LogP contribution in [-0.2, 0) is 10.5 Å². The molecule has 1 unspecified atom stereocenters. The normalized spacial score (nSPS) is 12.8. The molecule has 2 rings (SSSR count). The molecule has 1 aromatic carbocycles. The van der Waals surface area contributed by atoms with Crippen LogP contribution in [0, 0.1) is 12.8 Å². The van der Waals surface area contributed by atoms with Gasteiger partial charge < -0.3 is 5.11 Å². The molecule has 0 saturated heterocycles. The largest absolute Gasteiger partial charge is 0.480 e. The monoisotopic (exact) mass is 323 g/mol. The highest BCUT2D eigenvalue weighted by atomic mass is 35.5. The lowest BCUT2D eigenvalue weighted by Crippen LogP contribution is -2.22. The number of carboxylic acid groups (broad SMARTS) is 1. The molecule has 0 aliphatic heterocycles. The number of fused-ring (bicyclic) bond motifs is 1. The fourth-order valence-corrected chi connectivity index (χ4v) is 3.59. The topological polar surface area (TPSA) is 50.2 Å². The van der Waals surface area contributed by atoms with E-state index in [0.29, 0.717) is 10.8 Å². The quantitative estimate of drug-likeness (QED) is 0.877.